The number of hydrogen-bond acceptors (Lipinski definition) is 4. The van der Waals surface area contributed by atoms with Crippen LogP contribution < -0.4 is 5.32 Å². The molecule has 0 spiro atoms. The smallest absolute Gasteiger partial charge is 0.411 e. The van der Waals surface area contributed by atoms with Crippen molar-refractivity contribution in [2.45, 2.75) is 20.0 Å². The van der Waals surface area contributed by atoms with Crippen LogP contribution in [0.4, 0.5) is 18.2 Å². The number of carbonyl (C=O) groups excluding carboxylic acids is 1. The van der Waals surface area contributed by atoms with Gasteiger partial charge >= 0.3 is 12.1 Å². The largest absolute Gasteiger partial charge is 0.478 e. The van der Waals surface area contributed by atoms with Crippen LogP contribution in [0.5, 0.6) is 0 Å². The van der Waals surface area contributed by atoms with Crippen LogP contribution in [-0.4, -0.2) is 36.4 Å². The second kappa shape index (κ2) is 6.23. The molecule has 1 amide bonds. The van der Waals surface area contributed by atoms with E-state index in [0.717, 1.165) is 11.3 Å². The summed E-state index contributed by atoms with van der Waals surface area (Å²) in [4.78, 5) is 23.2. The SMILES string of the molecule is Cc1sc(NC(=O)COCC(F)(F)F)c(C(=O)O)c1C. The van der Waals surface area contributed by atoms with Gasteiger partial charge in [-0.1, -0.05) is 0 Å². The zero-order chi connectivity index (χ0) is 15.5. The molecule has 112 valence electrons. The van der Waals surface area contributed by atoms with Gasteiger partial charge in [-0.2, -0.15) is 13.2 Å². The van der Waals surface area contributed by atoms with E-state index in [9.17, 15) is 22.8 Å². The minimum atomic E-state index is -4.51. The molecule has 0 atom stereocenters. The van der Waals surface area contributed by atoms with Gasteiger partial charge in [-0.05, 0) is 19.4 Å². The lowest BCUT2D eigenvalue weighted by atomic mass is 10.1. The third-order valence-corrected chi connectivity index (χ3v) is 3.47. The van der Waals surface area contributed by atoms with Crippen molar-refractivity contribution in [3.05, 3.63) is 16.0 Å². The Morgan fingerprint density at radius 2 is 1.95 bits per heavy atom. The molecule has 1 rings (SSSR count). The van der Waals surface area contributed by atoms with Crippen LogP contribution in [0.15, 0.2) is 0 Å². The van der Waals surface area contributed by atoms with Gasteiger partial charge in [0.1, 0.15) is 18.2 Å². The standard InChI is InChI=1S/C11H12F3NO4S/c1-5-6(2)20-9(8(5)10(17)18)15-7(16)3-19-4-11(12,13)14/h3-4H2,1-2H3,(H,15,16)(H,17,18). The molecule has 1 aromatic heterocycles. The van der Waals surface area contributed by atoms with Crippen LogP contribution in [-0.2, 0) is 9.53 Å². The Hall–Kier alpha value is -1.61. The molecule has 0 aliphatic carbocycles. The maximum atomic E-state index is 11.8. The van der Waals surface area contributed by atoms with E-state index in [1.807, 2.05) is 0 Å². The number of alkyl halides is 3. The molecule has 0 radical (unpaired) electrons. The molecule has 0 saturated heterocycles. The Morgan fingerprint density at radius 3 is 2.45 bits per heavy atom. The highest BCUT2D eigenvalue weighted by Gasteiger charge is 2.28. The molecule has 0 fully saturated rings. The lowest BCUT2D eigenvalue weighted by molar-refractivity contribution is -0.174. The first-order chi connectivity index (χ1) is 9.11. The van der Waals surface area contributed by atoms with Crippen LogP contribution in [0, 0.1) is 13.8 Å². The van der Waals surface area contributed by atoms with Gasteiger partial charge in [0.2, 0.25) is 0 Å². The zero-order valence-electron chi connectivity index (χ0n) is 10.6. The van der Waals surface area contributed by atoms with E-state index in [1.165, 1.54) is 0 Å². The van der Waals surface area contributed by atoms with Crippen molar-refractivity contribution in [1.29, 1.82) is 0 Å². The van der Waals surface area contributed by atoms with E-state index < -0.39 is 31.3 Å². The van der Waals surface area contributed by atoms with Gasteiger partial charge in [-0.25, -0.2) is 4.79 Å². The average Bonchev–Trinajstić information content (AvgIpc) is 2.52. The van der Waals surface area contributed by atoms with Crippen LogP contribution in [0.25, 0.3) is 0 Å². The van der Waals surface area contributed by atoms with Gasteiger partial charge < -0.3 is 15.2 Å². The lowest BCUT2D eigenvalue weighted by Gasteiger charge is -2.08. The molecule has 0 aromatic carbocycles. The average molecular weight is 311 g/mol. The predicted molar refractivity (Wildman–Crippen MR) is 66.3 cm³/mol. The van der Waals surface area contributed by atoms with E-state index in [1.54, 1.807) is 13.8 Å². The number of carbonyl (C=O) groups is 2. The maximum Gasteiger partial charge on any atom is 0.411 e. The normalized spacial score (nSPS) is 11.4. The first kappa shape index (κ1) is 16.4. The fraction of sp³-hybridized carbons (Fsp3) is 0.455. The minimum Gasteiger partial charge on any atom is -0.478 e. The molecule has 9 heteroatoms. The molecule has 0 unspecified atom stereocenters. The van der Waals surface area contributed by atoms with Crippen LogP contribution in [0.3, 0.4) is 0 Å². The number of ether oxygens (including phenoxy) is 1. The van der Waals surface area contributed by atoms with Crippen LogP contribution >= 0.6 is 11.3 Å². The molecular weight excluding hydrogens is 299 g/mol. The molecule has 0 aliphatic heterocycles. The topological polar surface area (TPSA) is 75.6 Å². The Bertz CT molecular complexity index is 524. The lowest BCUT2D eigenvalue weighted by Crippen LogP contribution is -2.24. The number of anilines is 1. The van der Waals surface area contributed by atoms with Gasteiger partial charge in [-0.3, -0.25) is 4.79 Å². The second-order valence-electron chi connectivity index (χ2n) is 3.95. The highest BCUT2D eigenvalue weighted by atomic mass is 32.1. The number of rotatable bonds is 5. The summed E-state index contributed by atoms with van der Waals surface area (Å²) in [5, 5.41) is 11.4. The van der Waals surface area contributed by atoms with Crippen LogP contribution in [0.1, 0.15) is 20.8 Å². The number of carboxylic acid groups (broad SMARTS) is 1. The third kappa shape index (κ3) is 4.49. The Labute approximate surface area is 116 Å². The zero-order valence-corrected chi connectivity index (χ0v) is 11.4. The number of aryl methyl sites for hydroxylation is 1. The summed E-state index contributed by atoms with van der Waals surface area (Å²) in [7, 11) is 0. The van der Waals surface area contributed by atoms with E-state index >= 15 is 0 Å². The molecule has 1 aromatic rings. The van der Waals surface area contributed by atoms with Gasteiger partial charge in [0.25, 0.3) is 5.91 Å². The Kier molecular flexibility index (Phi) is 5.12. The first-order valence-electron chi connectivity index (χ1n) is 5.39. The number of hydrogen-bond donors (Lipinski definition) is 2. The van der Waals surface area contributed by atoms with Crippen molar-refractivity contribution in [2.24, 2.45) is 0 Å². The number of aromatic carboxylic acids is 1. The van der Waals surface area contributed by atoms with Gasteiger partial charge in [0.15, 0.2) is 0 Å². The molecule has 5 nitrogen and oxygen atoms in total. The van der Waals surface area contributed by atoms with Crippen molar-refractivity contribution >= 4 is 28.2 Å². The highest BCUT2D eigenvalue weighted by molar-refractivity contribution is 7.16. The number of thiophene rings is 1. The van der Waals surface area contributed by atoms with E-state index in [2.05, 4.69) is 10.1 Å². The number of halogens is 3. The van der Waals surface area contributed by atoms with Crippen molar-refractivity contribution < 1.29 is 32.6 Å². The monoisotopic (exact) mass is 311 g/mol. The maximum absolute atomic E-state index is 11.8. The van der Waals surface area contributed by atoms with E-state index in [4.69, 9.17) is 5.11 Å². The van der Waals surface area contributed by atoms with E-state index in [-0.39, 0.29) is 10.6 Å². The summed E-state index contributed by atoms with van der Waals surface area (Å²) < 4.78 is 39.7. The first-order valence-corrected chi connectivity index (χ1v) is 6.21. The predicted octanol–water partition coefficient (Wildman–Crippen LogP) is 2.58. The van der Waals surface area contributed by atoms with Crippen LogP contribution in [0.2, 0.25) is 0 Å². The molecule has 2 N–H and O–H groups in total. The Balaban J connectivity index is 2.67. The second-order valence-corrected chi connectivity index (χ2v) is 5.17. The molecule has 1 heterocycles. The molecule has 0 aliphatic rings. The summed E-state index contributed by atoms with van der Waals surface area (Å²) in [6.07, 6.45) is -4.51. The summed E-state index contributed by atoms with van der Waals surface area (Å²) in [6, 6.07) is 0. The number of nitrogens with one attached hydrogen (secondary N) is 1. The van der Waals surface area contributed by atoms with E-state index in [0.29, 0.717) is 10.4 Å². The van der Waals surface area contributed by atoms with Crippen molar-refractivity contribution in [2.75, 3.05) is 18.5 Å². The molecule has 0 bridgehead atoms. The van der Waals surface area contributed by atoms with Gasteiger partial charge in [0.05, 0.1) is 5.56 Å². The molecule has 0 saturated carbocycles. The van der Waals surface area contributed by atoms with Crippen molar-refractivity contribution in [1.82, 2.24) is 0 Å². The molecule has 20 heavy (non-hydrogen) atoms. The summed E-state index contributed by atoms with van der Waals surface area (Å²) in [5.41, 5.74) is 0.450. The van der Waals surface area contributed by atoms with Crippen molar-refractivity contribution in [3.8, 4) is 0 Å². The highest BCUT2D eigenvalue weighted by Crippen LogP contribution is 2.32. The van der Waals surface area contributed by atoms with Gasteiger partial charge in [0, 0.05) is 4.88 Å². The summed E-state index contributed by atoms with van der Waals surface area (Å²) in [6.45, 7) is 0.941. The minimum absolute atomic E-state index is 0.0586. The fourth-order valence-corrected chi connectivity index (χ4v) is 2.46. The van der Waals surface area contributed by atoms with Crippen molar-refractivity contribution in [3.63, 3.8) is 0 Å². The Morgan fingerprint density at radius 1 is 1.35 bits per heavy atom. The number of carboxylic acids is 1. The quantitative estimate of drug-likeness (QED) is 0.876. The summed E-state index contributed by atoms with van der Waals surface area (Å²) in [5.74, 6) is -2.05. The summed E-state index contributed by atoms with van der Waals surface area (Å²) >= 11 is 1.05. The fourth-order valence-electron chi connectivity index (χ4n) is 1.39. The number of amides is 1. The molecular formula is C11H12F3NO4S. The van der Waals surface area contributed by atoms with Gasteiger partial charge in [-0.15, -0.1) is 11.3 Å². The third-order valence-electron chi connectivity index (χ3n) is 2.35.